The van der Waals surface area contributed by atoms with Gasteiger partial charge in [-0.3, -0.25) is 4.72 Å². The Morgan fingerprint density at radius 3 is 2.67 bits per heavy atom. The molecule has 118 valence electrons. The molecular formula is C14H24N4O2S. The average Bonchev–Trinajstić information content (AvgIpc) is 2.39. The van der Waals surface area contributed by atoms with Crippen molar-refractivity contribution >= 4 is 21.7 Å². The van der Waals surface area contributed by atoms with Gasteiger partial charge in [0, 0.05) is 26.7 Å². The molecule has 1 N–H and O–H groups in total. The van der Waals surface area contributed by atoms with Crippen molar-refractivity contribution in [1.29, 1.82) is 0 Å². The summed E-state index contributed by atoms with van der Waals surface area (Å²) in [7, 11) is -0.502. The summed E-state index contributed by atoms with van der Waals surface area (Å²) in [6.07, 6.45) is 5.21. The molecule has 1 fully saturated rings. The Kier molecular flexibility index (Phi) is 4.73. The van der Waals surface area contributed by atoms with Gasteiger partial charge in [-0.05, 0) is 44.7 Å². The summed E-state index contributed by atoms with van der Waals surface area (Å²) >= 11 is 0. The van der Waals surface area contributed by atoms with Gasteiger partial charge in [-0.2, -0.15) is 12.7 Å². The fourth-order valence-electron chi connectivity index (χ4n) is 2.58. The molecule has 2 rings (SSSR count). The van der Waals surface area contributed by atoms with Gasteiger partial charge in [0.25, 0.3) is 0 Å². The van der Waals surface area contributed by atoms with Gasteiger partial charge < -0.3 is 4.90 Å². The molecule has 1 aromatic heterocycles. The second-order valence-corrected chi connectivity index (χ2v) is 7.68. The first-order valence-electron chi connectivity index (χ1n) is 7.25. The summed E-state index contributed by atoms with van der Waals surface area (Å²) in [6.45, 7) is 5.19. The molecule has 1 atom stereocenters. The summed E-state index contributed by atoms with van der Waals surface area (Å²) in [5, 5.41) is 0. The molecule has 0 radical (unpaired) electrons. The van der Waals surface area contributed by atoms with E-state index in [1.165, 1.54) is 33.4 Å². The molecule has 1 aliphatic rings. The zero-order chi connectivity index (χ0) is 15.6. The van der Waals surface area contributed by atoms with E-state index in [4.69, 9.17) is 0 Å². The Bertz CT molecular complexity index is 601. The molecule has 0 saturated carbocycles. The molecule has 1 saturated heterocycles. The highest BCUT2D eigenvalue weighted by molar-refractivity contribution is 7.90. The molecule has 0 aliphatic carbocycles. The predicted octanol–water partition coefficient (Wildman–Crippen LogP) is 1.99. The van der Waals surface area contributed by atoms with Crippen LogP contribution >= 0.6 is 0 Å². The molecule has 1 unspecified atom stereocenters. The second kappa shape index (κ2) is 6.19. The lowest BCUT2D eigenvalue weighted by molar-refractivity contribution is 0.480. The average molecular weight is 312 g/mol. The normalized spacial score (nSPS) is 19.9. The monoisotopic (exact) mass is 312 g/mol. The first kappa shape index (κ1) is 16.0. The quantitative estimate of drug-likeness (QED) is 0.923. The number of piperidine rings is 1. The van der Waals surface area contributed by atoms with Crippen molar-refractivity contribution in [3.63, 3.8) is 0 Å². The third-order valence-corrected chi connectivity index (χ3v) is 5.31. The van der Waals surface area contributed by atoms with Gasteiger partial charge in [0.15, 0.2) is 0 Å². The standard InChI is InChI=1S/C14H24N4O2S/c1-11-9-13(16-21(19,20)17(3)4)10-15-14(11)18-8-6-5-7-12(18)2/h9-10,12,16H,5-8H2,1-4H3. The number of pyridine rings is 1. The van der Waals surface area contributed by atoms with Gasteiger partial charge in [-0.25, -0.2) is 4.98 Å². The van der Waals surface area contributed by atoms with Crippen molar-refractivity contribution in [3.05, 3.63) is 17.8 Å². The number of aryl methyl sites for hydroxylation is 1. The number of hydrogen-bond acceptors (Lipinski definition) is 4. The van der Waals surface area contributed by atoms with Crippen LogP contribution in [-0.2, 0) is 10.2 Å². The molecule has 1 aromatic rings. The van der Waals surface area contributed by atoms with Gasteiger partial charge >= 0.3 is 10.2 Å². The maximum absolute atomic E-state index is 11.8. The van der Waals surface area contributed by atoms with Crippen molar-refractivity contribution in [2.24, 2.45) is 0 Å². The molecule has 0 spiro atoms. The van der Waals surface area contributed by atoms with Crippen LogP contribution in [0.3, 0.4) is 0 Å². The number of nitrogens with one attached hydrogen (secondary N) is 1. The van der Waals surface area contributed by atoms with E-state index in [9.17, 15) is 8.42 Å². The highest BCUT2D eigenvalue weighted by Crippen LogP contribution is 2.27. The summed E-state index contributed by atoms with van der Waals surface area (Å²) in [6, 6.07) is 2.32. The summed E-state index contributed by atoms with van der Waals surface area (Å²) in [5.74, 6) is 0.954. The lowest BCUT2D eigenvalue weighted by Gasteiger charge is -2.35. The molecule has 0 aromatic carbocycles. The fraction of sp³-hybridized carbons (Fsp3) is 0.643. The Labute approximate surface area is 127 Å². The lowest BCUT2D eigenvalue weighted by Crippen LogP contribution is -2.38. The van der Waals surface area contributed by atoms with Gasteiger partial charge in [0.05, 0.1) is 11.9 Å². The van der Waals surface area contributed by atoms with Crippen LogP contribution in [0, 0.1) is 6.92 Å². The molecule has 6 nitrogen and oxygen atoms in total. The van der Waals surface area contributed by atoms with E-state index in [1.807, 2.05) is 13.0 Å². The molecular weight excluding hydrogens is 288 g/mol. The van der Waals surface area contributed by atoms with Gasteiger partial charge in [-0.1, -0.05) is 0 Å². The van der Waals surface area contributed by atoms with E-state index < -0.39 is 10.2 Å². The van der Waals surface area contributed by atoms with E-state index >= 15 is 0 Å². The topological polar surface area (TPSA) is 65.5 Å². The van der Waals surface area contributed by atoms with Crippen molar-refractivity contribution in [2.45, 2.75) is 39.2 Å². The van der Waals surface area contributed by atoms with E-state index in [0.717, 1.165) is 22.2 Å². The predicted molar refractivity (Wildman–Crippen MR) is 85.9 cm³/mol. The summed E-state index contributed by atoms with van der Waals surface area (Å²) < 4.78 is 27.3. The number of aromatic nitrogens is 1. The van der Waals surface area contributed by atoms with Gasteiger partial charge in [0.1, 0.15) is 5.82 Å². The third-order valence-electron chi connectivity index (χ3n) is 3.85. The molecule has 0 bridgehead atoms. The maximum Gasteiger partial charge on any atom is 0.301 e. The van der Waals surface area contributed by atoms with Crippen molar-refractivity contribution in [2.75, 3.05) is 30.3 Å². The van der Waals surface area contributed by atoms with Gasteiger partial charge in [0.2, 0.25) is 0 Å². The number of anilines is 2. The van der Waals surface area contributed by atoms with Gasteiger partial charge in [-0.15, -0.1) is 0 Å². The van der Waals surface area contributed by atoms with Crippen LogP contribution in [0.25, 0.3) is 0 Å². The minimum atomic E-state index is -3.49. The minimum absolute atomic E-state index is 0.481. The van der Waals surface area contributed by atoms with Crippen LogP contribution < -0.4 is 9.62 Å². The van der Waals surface area contributed by atoms with Crippen LogP contribution in [0.4, 0.5) is 11.5 Å². The minimum Gasteiger partial charge on any atom is -0.354 e. The van der Waals surface area contributed by atoms with Crippen molar-refractivity contribution < 1.29 is 8.42 Å². The van der Waals surface area contributed by atoms with E-state index in [0.29, 0.717) is 11.7 Å². The number of rotatable bonds is 4. The Balaban J connectivity index is 2.21. The second-order valence-electron chi connectivity index (χ2n) is 5.79. The third kappa shape index (κ3) is 3.65. The smallest absolute Gasteiger partial charge is 0.301 e. The fourth-order valence-corrected chi connectivity index (χ4v) is 3.17. The Hall–Kier alpha value is -1.34. The Morgan fingerprint density at radius 1 is 1.38 bits per heavy atom. The van der Waals surface area contributed by atoms with E-state index in [1.54, 1.807) is 6.20 Å². The SMILES string of the molecule is Cc1cc(NS(=O)(=O)N(C)C)cnc1N1CCCCC1C. The van der Waals surface area contributed by atoms with E-state index in [-0.39, 0.29) is 0 Å². The molecule has 1 aliphatic heterocycles. The number of hydrogen-bond donors (Lipinski definition) is 1. The van der Waals surface area contributed by atoms with Crippen LogP contribution in [0.5, 0.6) is 0 Å². The van der Waals surface area contributed by atoms with Crippen LogP contribution in [-0.4, -0.2) is 44.4 Å². The largest absolute Gasteiger partial charge is 0.354 e. The zero-order valence-electron chi connectivity index (χ0n) is 13.1. The molecule has 21 heavy (non-hydrogen) atoms. The lowest BCUT2D eigenvalue weighted by atomic mass is 10.0. The summed E-state index contributed by atoms with van der Waals surface area (Å²) in [4.78, 5) is 6.78. The highest BCUT2D eigenvalue weighted by Gasteiger charge is 2.21. The number of nitrogens with zero attached hydrogens (tertiary/aromatic N) is 3. The summed E-state index contributed by atoms with van der Waals surface area (Å²) in [5.41, 5.74) is 1.48. The van der Waals surface area contributed by atoms with Crippen LogP contribution in [0.2, 0.25) is 0 Å². The first-order valence-corrected chi connectivity index (χ1v) is 8.69. The maximum atomic E-state index is 11.8. The highest BCUT2D eigenvalue weighted by atomic mass is 32.2. The van der Waals surface area contributed by atoms with Crippen LogP contribution in [0.15, 0.2) is 12.3 Å². The first-order chi connectivity index (χ1) is 9.81. The Morgan fingerprint density at radius 2 is 2.10 bits per heavy atom. The van der Waals surface area contributed by atoms with Crippen LogP contribution in [0.1, 0.15) is 31.7 Å². The zero-order valence-corrected chi connectivity index (χ0v) is 13.9. The molecule has 7 heteroatoms. The van der Waals surface area contributed by atoms with Crippen molar-refractivity contribution in [1.82, 2.24) is 9.29 Å². The molecule has 2 heterocycles. The van der Waals surface area contributed by atoms with Crippen molar-refractivity contribution in [3.8, 4) is 0 Å². The molecule has 0 amide bonds. The van der Waals surface area contributed by atoms with E-state index in [2.05, 4.69) is 21.5 Å².